The second kappa shape index (κ2) is 6.82. The zero-order valence-electron chi connectivity index (χ0n) is 12.4. The van der Waals surface area contributed by atoms with Gasteiger partial charge in [0.05, 0.1) is 0 Å². The lowest BCUT2D eigenvalue weighted by atomic mass is 10.0. The molecule has 0 aliphatic rings. The van der Waals surface area contributed by atoms with E-state index in [9.17, 15) is 0 Å². The van der Waals surface area contributed by atoms with Crippen molar-refractivity contribution in [2.24, 2.45) is 5.73 Å². The molecule has 2 N–H and O–H groups in total. The van der Waals surface area contributed by atoms with Crippen LogP contribution in [0.25, 0.3) is 0 Å². The molecule has 0 radical (unpaired) electrons. The van der Waals surface area contributed by atoms with Crippen LogP contribution in [0.3, 0.4) is 0 Å². The van der Waals surface area contributed by atoms with Crippen LogP contribution < -0.4 is 10.5 Å². The molecule has 0 saturated heterocycles. The molecule has 21 heavy (non-hydrogen) atoms. The van der Waals surface area contributed by atoms with Crippen LogP contribution in [0.2, 0.25) is 5.02 Å². The summed E-state index contributed by atoms with van der Waals surface area (Å²) in [6, 6.07) is 11.7. The minimum absolute atomic E-state index is 0.139. The third-order valence-corrected chi connectivity index (χ3v) is 4.68. The molecule has 0 spiro atoms. The fourth-order valence-corrected chi connectivity index (χ4v) is 2.90. The smallest absolute Gasteiger partial charge is 0.140 e. The van der Waals surface area contributed by atoms with Crippen LogP contribution in [0.4, 0.5) is 0 Å². The number of nitrogens with two attached hydrogens (primary N) is 1. The maximum atomic E-state index is 6.20. The Kier molecular flexibility index (Phi) is 5.31. The van der Waals surface area contributed by atoms with Crippen molar-refractivity contribution in [1.29, 1.82) is 0 Å². The van der Waals surface area contributed by atoms with E-state index in [0.717, 1.165) is 31.9 Å². The lowest BCUT2D eigenvalue weighted by molar-refractivity contribution is 0.179. The molecule has 2 aromatic rings. The highest BCUT2D eigenvalue weighted by atomic mass is 79.9. The van der Waals surface area contributed by atoms with Gasteiger partial charge in [-0.3, -0.25) is 0 Å². The van der Waals surface area contributed by atoms with Gasteiger partial charge in [-0.2, -0.15) is 0 Å². The molecular weight excluding hydrogens is 350 g/mol. The van der Waals surface area contributed by atoms with Crippen LogP contribution in [0, 0.1) is 13.8 Å². The fraction of sp³-hybridized carbons (Fsp3) is 0.294. The van der Waals surface area contributed by atoms with Crippen LogP contribution in [-0.2, 0) is 0 Å². The number of ether oxygens (including phenoxy) is 1. The van der Waals surface area contributed by atoms with Crippen LogP contribution >= 0.6 is 27.5 Å². The molecule has 2 rings (SSSR count). The molecule has 0 heterocycles. The fourth-order valence-electron chi connectivity index (χ4n) is 2.28. The van der Waals surface area contributed by atoms with Crippen molar-refractivity contribution >= 4 is 27.5 Å². The first kappa shape index (κ1) is 16.3. The Morgan fingerprint density at radius 2 is 1.71 bits per heavy atom. The minimum atomic E-state index is -0.222. The molecule has 0 aliphatic carbocycles. The number of hydrogen-bond donors (Lipinski definition) is 1. The van der Waals surface area contributed by atoms with Crippen molar-refractivity contribution in [2.45, 2.75) is 32.9 Å². The largest absolute Gasteiger partial charge is 0.484 e. The summed E-state index contributed by atoms with van der Waals surface area (Å²) in [6.07, 6.45) is -0.222. The second-order valence-electron chi connectivity index (χ2n) is 5.29. The lowest BCUT2D eigenvalue weighted by Gasteiger charge is -2.24. The van der Waals surface area contributed by atoms with Crippen molar-refractivity contribution in [3.63, 3.8) is 0 Å². The molecule has 112 valence electrons. The van der Waals surface area contributed by atoms with E-state index in [1.807, 2.05) is 57.2 Å². The Bertz CT molecular complexity index is 619. The molecule has 0 aromatic heterocycles. The summed E-state index contributed by atoms with van der Waals surface area (Å²) in [5.41, 5.74) is 9.16. The lowest BCUT2D eigenvalue weighted by Crippen LogP contribution is -2.29. The Morgan fingerprint density at radius 1 is 1.14 bits per heavy atom. The summed E-state index contributed by atoms with van der Waals surface area (Å²) in [6.45, 7) is 5.89. The molecule has 2 atom stereocenters. The zero-order chi connectivity index (χ0) is 15.6. The van der Waals surface area contributed by atoms with E-state index in [2.05, 4.69) is 15.9 Å². The van der Waals surface area contributed by atoms with Gasteiger partial charge in [-0.25, -0.2) is 0 Å². The molecule has 2 unspecified atom stereocenters. The normalized spacial score (nSPS) is 13.8. The van der Waals surface area contributed by atoms with Gasteiger partial charge >= 0.3 is 0 Å². The number of halogens is 2. The van der Waals surface area contributed by atoms with Gasteiger partial charge in [0.25, 0.3) is 0 Å². The van der Waals surface area contributed by atoms with Crippen LogP contribution in [-0.4, -0.2) is 6.04 Å². The van der Waals surface area contributed by atoms with Crippen LogP contribution in [0.5, 0.6) is 5.75 Å². The quantitative estimate of drug-likeness (QED) is 0.806. The first-order valence-electron chi connectivity index (χ1n) is 6.83. The van der Waals surface area contributed by atoms with Crippen molar-refractivity contribution < 1.29 is 4.74 Å². The van der Waals surface area contributed by atoms with E-state index in [4.69, 9.17) is 22.1 Å². The Labute approximate surface area is 139 Å². The summed E-state index contributed by atoms with van der Waals surface area (Å²) >= 11 is 9.77. The molecule has 2 aromatic carbocycles. The van der Waals surface area contributed by atoms with Gasteiger partial charge in [-0.1, -0.05) is 45.7 Å². The SMILES string of the molecule is Cc1cc(OC(c2ccccc2Br)C(C)N)cc(C)c1Cl. The summed E-state index contributed by atoms with van der Waals surface area (Å²) < 4.78 is 7.14. The maximum absolute atomic E-state index is 6.20. The van der Waals surface area contributed by atoms with Crippen molar-refractivity contribution in [3.8, 4) is 5.75 Å². The molecule has 0 amide bonds. The molecule has 4 heteroatoms. The predicted molar refractivity (Wildman–Crippen MR) is 92.1 cm³/mol. The van der Waals surface area contributed by atoms with Crippen molar-refractivity contribution in [3.05, 3.63) is 62.6 Å². The summed E-state index contributed by atoms with van der Waals surface area (Å²) in [4.78, 5) is 0. The third-order valence-electron chi connectivity index (χ3n) is 3.36. The number of aryl methyl sites for hydroxylation is 2. The predicted octanol–water partition coefficient (Wildman–Crippen LogP) is 5.19. The molecule has 2 nitrogen and oxygen atoms in total. The molecule has 0 saturated carbocycles. The molecule has 0 fully saturated rings. The van der Waals surface area contributed by atoms with Gasteiger partial charge in [-0.05, 0) is 50.1 Å². The Balaban J connectivity index is 2.36. The van der Waals surface area contributed by atoms with Gasteiger partial charge in [0.15, 0.2) is 0 Å². The second-order valence-corrected chi connectivity index (χ2v) is 6.52. The van der Waals surface area contributed by atoms with Gasteiger partial charge in [0.1, 0.15) is 11.9 Å². The zero-order valence-corrected chi connectivity index (χ0v) is 14.7. The van der Waals surface area contributed by atoms with Gasteiger partial charge in [0.2, 0.25) is 0 Å². The summed E-state index contributed by atoms with van der Waals surface area (Å²) in [5.74, 6) is 0.785. The minimum Gasteiger partial charge on any atom is -0.484 e. The first-order valence-corrected chi connectivity index (χ1v) is 8.00. The Hall–Kier alpha value is -1.03. The highest BCUT2D eigenvalue weighted by molar-refractivity contribution is 9.10. The van der Waals surface area contributed by atoms with Crippen LogP contribution in [0.15, 0.2) is 40.9 Å². The standard InChI is InChI=1S/C17H19BrClNO/c1-10-8-13(9-11(2)16(10)19)21-17(12(3)20)14-6-4-5-7-15(14)18/h4-9,12,17H,20H2,1-3H3. The van der Waals surface area contributed by atoms with Crippen LogP contribution in [0.1, 0.15) is 29.7 Å². The average molecular weight is 369 g/mol. The number of benzene rings is 2. The number of hydrogen-bond acceptors (Lipinski definition) is 2. The average Bonchev–Trinajstić information content (AvgIpc) is 2.42. The topological polar surface area (TPSA) is 35.2 Å². The van der Waals surface area contributed by atoms with E-state index in [1.165, 1.54) is 0 Å². The van der Waals surface area contributed by atoms with E-state index in [1.54, 1.807) is 0 Å². The maximum Gasteiger partial charge on any atom is 0.140 e. The Morgan fingerprint density at radius 3 is 2.24 bits per heavy atom. The summed E-state index contributed by atoms with van der Waals surface area (Å²) in [7, 11) is 0. The summed E-state index contributed by atoms with van der Waals surface area (Å²) in [5, 5.41) is 0.778. The van der Waals surface area contributed by atoms with Crippen molar-refractivity contribution in [2.75, 3.05) is 0 Å². The van der Waals surface area contributed by atoms with E-state index < -0.39 is 0 Å². The molecular formula is C17H19BrClNO. The first-order chi connectivity index (χ1) is 9.90. The monoisotopic (exact) mass is 367 g/mol. The highest BCUT2D eigenvalue weighted by Crippen LogP contribution is 2.32. The van der Waals surface area contributed by atoms with Gasteiger partial charge in [-0.15, -0.1) is 0 Å². The third kappa shape index (κ3) is 3.79. The highest BCUT2D eigenvalue weighted by Gasteiger charge is 2.21. The molecule has 0 aliphatic heterocycles. The molecule has 0 bridgehead atoms. The van der Waals surface area contributed by atoms with Gasteiger partial charge < -0.3 is 10.5 Å². The van der Waals surface area contributed by atoms with Gasteiger partial charge in [0, 0.05) is 21.1 Å². The van der Waals surface area contributed by atoms with E-state index in [-0.39, 0.29) is 12.1 Å². The van der Waals surface area contributed by atoms with Crippen molar-refractivity contribution in [1.82, 2.24) is 0 Å². The number of rotatable bonds is 4. The van der Waals surface area contributed by atoms with E-state index >= 15 is 0 Å². The van der Waals surface area contributed by atoms with E-state index in [0.29, 0.717) is 0 Å².